The van der Waals surface area contributed by atoms with Gasteiger partial charge in [-0.25, -0.2) is 8.78 Å². The second-order valence-electron chi connectivity index (χ2n) is 7.97. The van der Waals surface area contributed by atoms with Crippen LogP contribution in [-0.2, 0) is 15.9 Å². The number of rotatable bonds is 5. The smallest absolute Gasteiger partial charge is 0.494 e. The molecule has 0 bridgehead atoms. The summed E-state index contributed by atoms with van der Waals surface area (Å²) in [5, 5.41) is 2.59. The van der Waals surface area contributed by atoms with Gasteiger partial charge in [0.15, 0.2) is 0 Å². The van der Waals surface area contributed by atoms with E-state index >= 15 is 0 Å². The molecule has 0 atom stereocenters. The molecule has 0 unspecified atom stereocenters. The molecule has 3 rings (SSSR count). The first kappa shape index (κ1) is 21.3. The maximum Gasteiger partial charge on any atom is 0.494 e. The molecule has 0 spiro atoms. The highest BCUT2D eigenvalue weighted by Gasteiger charge is 2.51. The van der Waals surface area contributed by atoms with Crippen LogP contribution >= 0.6 is 0 Å². The third-order valence-electron chi connectivity index (χ3n) is 5.45. The van der Waals surface area contributed by atoms with Gasteiger partial charge < -0.3 is 19.4 Å². The maximum atomic E-state index is 14.6. The minimum Gasteiger partial charge on any atom is -0.496 e. The molecule has 0 aromatic heterocycles. The molecular weight excluding hydrogens is 379 g/mol. The molecule has 0 saturated carbocycles. The van der Waals surface area contributed by atoms with Crippen LogP contribution in [0, 0.1) is 11.6 Å². The van der Waals surface area contributed by atoms with Gasteiger partial charge in [0, 0.05) is 12.1 Å². The van der Waals surface area contributed by atoms with Crippen molar-refractivity contribution in [3.63, 3.8) is 0 Å². The minimum atomic E-state index is -0.672. The van der Waals surface area contributed by atoms with Gasteiger partial charge >= 0.3 is 7.12 Å². The monoisotopic (exact) mass is 403 g/mol. The molecule has 0 radical (unpaired) electrons. The van der Waals surface area contributed by atoms with Crippen molar-refractivity contribution in [3.8, 4) is 5.75 Å². The van der Waals surface area contributed by atoms with Crippen molar-refractivity contribution < 1.29 is 27.6 Å². The summed E-state index contributed by atoms with van der Waals surface area (Å²) in [5.74, 6) is -1.38. The minimum absolute atomic E-state index is 0.0433. The van der Waals surface area contributed by atoms with Crippen molar-refractivity contribution >= 4 is 18.5 Å². The third kappa shape index (κ3) is 4.28. The predicted molar refractivity (Wildman–Crippen MR) is 106 cm³/mol. The van der Waals surface area contributed by atoms with E-state index in [2.05, 4.69) is 5.32 Å². The van der Waals surface area contributed by atoms with E-state index in [0.29, 0.717) is 5.46 Å². The van der Waals surface area contributed by atoms with E-state index in [4.69, 9.17) is 14.0 Å². The van der Waals surface area contributed by atoms with E-state index in [1.54, 1.807) is 12.1 Å². The lowest BCUT2D eigenvalue weighted by Crippen LogP contribution is -2.41. The summed E-state index contributed by atoms with van der Waals surface area (Å²) in [5.41, 5.74) is -0.158. The molecule has 1 saturated heterocycles. The highest BCUT2D eigenvalue weighted by Crippen LogP contribution is 2.36. The average molecular weight is 403 g/mol. The van der Waals surface area contributed by atoms with Crippen LogP contribution in [0.1, 0.15) is 43.6 Å². The van der Waals surface area contributed by atoms with Crippen molar-refractivity contribution in [2.24, 2.45) is 0 Å². The number of nitrogens with one attached hydrogen (secondary N) is 1. The summed E-state index contributed by atoms with van der Waals surface area (Å²) in [6, 6.07) is 8.25. The Hall–Kier alpha value is -2.45. The van der Waals surface area contributed by atoms with Crippen LogP contribution in [0.15, 0.2) is 36.4 Å². The summed E-state index contributed by atoms with van der Waals surface area (Å²) in [7, 11) is 0.715. The first-order valence-corrected chi connectivity index (χ1v) is 9.30. The zero-order valence-corrected chi connectivity index (χ0v) is 17.1. The number of hydrogen-bond acceptors (Lipinski definition) is 4. The molecule has 1 aliphatic rings. The van der Waals surface area contributed by atoms with Gasteiger partial charge in [0.1, 0.15) is 17.4 Å². The highest BCUT2D eigenvalue weighted by molar-refractivity contribution is 6.62. The van der Waals surface area contributed by atoms with Gasteiger partial charge in [-0.2, -0.15) is 0 Å². The summed E-state index contributed by atoms with van der Waals surface area (Å²) >= 11 is 0. The van der Waals surface area contributed by atoms with Gasteiger partial charge in [-0.1, -0.05) is 12.1 Å². The van der Waals surface area contributed by atoms with Crippen molar-refractivity contribution in [1.82, 2.24) is 5.32 Å². The van der Waals surface area contributed by atoms with Gasteiger partial charge in [0.25, 0.3) is 5.91 Å². The van der Waals surface area contributed by atoms with E-state index in [0.717, 1.165) is 6.07 Å². The largest absolute Gasteiger partial charge is 0.496 e. The van der Waals surface area contributed by atoms with Crippen molar-refractivity contribution in [2.45, 2.75) is 45.4 Å². The van der Waals surface area contributed by atoms with Gasteiger partial charge in [-0.05, 0) is 57.4 Å². The average Bonchev–Trinajstić information content (AvgIpc) is 2.87. The van der Waals surface area contributed by atoms with Crippen LogP contribution in [0.25, 0.3) is 0 Å². The second kappa shape index (κ2) is 7.76. The zero-order chi connectivity index (χ0) is 21.4. The number of methoxy groups -OCH3 is 1. The van der Waals surface area contributed by atoms with Crippen LogP contribution in [0.2, 0.25) is 0 Å². The maximum absolute atomic E-state index is 14.6. The molecule has 2 aromatic carbocycles. The molecule has 1 heterocycles. The zero-order valence-electron chi connectivity index (χ0n) is 17.1. The molecule has 5 nitrogen and oxygen atoms in total. The Labute approximate surface area is 169 Å². The van der Waals surface area contributed by atoms with Crippen molar-refractivity contribution in [2.75, 3.05) is 7.11 Å². The second-order valence-corrected chi connectivity index (χ2v) is 7.97. The van der Waals surface area contributed by atoms with Crippen molar-refractivity contribution in [1.29, 1.82) is 0 Å². The van der Waals surface area contributed by atoms with Crippen LogP contribution in [0.3, 0.4) is 0 Å². The van der Waals surface area contributed by atoms with Gasteiger partial charge in [0.2, 0.25) is 0 Å². The number of hydrogen-bond donors (Lipinski definition) is 1. The standard InChI is InChI=1S/C21H24BF2NO4/c1-20(2)21(3,4)29-22(28-20)14-7-6-13(17(24)10-14)12-25-19(26)16-11-15(23)8-9-18(16)27-5/h6-11H,12H2,1-5H3,(H,25,26). The molecule has 29 heavy (non-hydrogen) atoms. The van der Waals surface area contributed by atoms with Crippen LogP contribution in [0.4, 0.5) is 8.78 Å². The van der Waals surface area contributed by atoms with E-state index < -0.39 is 35.9 Å². The Bertz CT molecular complexity index is 917. The summed E-state index contributed by atoms with van der Waals surface area (Å²) in [6.07, 6.45) is 0. The lowest BCUT2D eigenvalue weighted by atomic mass is 9.78. The number of ether oxygens (including phenoxy) is 1. The van der Waals surface area contributed by atoms with Crippen LogP contribution in [0.5, 0.6) is 5.75 Å². The Morgan fingerprint density at radius 1 is 1.07 bits per heavy atom. The molecule has 2 aromatic rings. The highest BCUT2D eigenvalue weighted by atomic mass is 19.1. The molecule has 1 fully saturated rings. The SMILES string of the molecule is COc1ccc(F)cc1C(=O)NCc1ccc(B2OC(C)(C)C(C)(C)O2)cc1F. The van der Waals surface area contributed by atoms with E-state index in [1.165, 1.54) is 25.3 Å². The van der Waals surface area contributed by atoms with Crippen LogP contribution < -0.4 is 15.5 Å². The molecule has 8 heteroatoms. The number of halogens is 2. The molecule has 1 aliphatic heterocycles. The van der Waals surface area contributed by atoms with E-state index in [1.807, 2.05) is 27.7 Å². The summed E-state index contributed by atoms with van der Waals surface area (Å²) in [4.78, 5) is 12.4. The first-order chi connectivity index (χ1) is 13.5. The number of benzene rings is 2. The normalized spacial score (nSPS) is 17.3. The fourth-order valence-corrected chi connectivity index (χ4v) is 2.96. The molecule has 1 N–H and O–H groups in total. The number of carbonyl (C=O) groups is 1. The Morgan fingerprint density at radius 2 is 1.72 bits per heavy atom. The Morgan fingerprint density at radius 3 is 2.31 bits per heavy atom. The van der Waals surface area contributed by atoms with Gasteiger partial charge in [0.05, 0.1) is 23.9 Å². The first-order valence-electron chi connectivity index (χ1n) is 9.30. The van der Waals surface area contributed by atoms with Gasteiger partial charge in [-0.3, -0.25) is 4.79 Å². The van der Waals surface area contributed by atoms with Crippen LogP contribution in [-0.4, -0.2) is 31.3 Å². The Balaban J connectivity index is 1.71. The molecular formula is C21H24BF2NO4. The summed E-state index contributed by atoms with van der Waals surface area (Å²) < 4.78 is 45.0. The Kier molecular flexibility index (Phi) is 5.69. The quantitative estimate of drug-likeness (QED) is 0.780. The molecule has 1 amide bonds. The molecule has 0 aliphatic carbocycles. The van der Waals surface area contributed by atoms with Gasteiger partial charge in [-0.15, -0.1) is 0 Å². The fourth-order valence-electron chi connectivity index (χ4n) is 2.96. The topological polar surface area (TPSA) is 56.8 Å². The van der Waals surface area contributed by atoms with E-state index in [-0.39, 0.29) is 23.4 Å². The number of carbonyl (C=O) groups excluding carboxylic acids is 1. The fraction of sp³-hybridized carbons (Fsp3) is 0.381. The lowest BCUT2D eigenvalue weighted by Gasteiger charge is -2.32. The predicted octanol–water partition coefficient (Wildman–Crippen LogP) is 3.20. The lowest BCUT2D eigenvalue weighted by molar-refractivity contribution is 0.00578. The van der Waals surface area contributed by atoms with E-state index in [9.17, 15) is 13.6 Å². The molecule has 154 valence electrons. The third-order valence-corrected chi connectivity index (χ3v) is 5.45. The summed E-state index contributed by atoms with van der Waals surface area (Å²) in [6.45, 7) is 7.64. The number of amides is 1. The van der Waals surface area contributed by atoms with Crippen molar-refractivity contribution in [3.05, 3.63) is 59.2 Å².